The van der Waals surface area contributed by atoms with Gasteiger partial charge in [0, 0.05) is 13.2 Å². The molecule has 3 aromatic rings. The van der Waals surface area contributed by atoms with E-state index in [4.69, 9.17) is 13.7 Å². The van der Waals surface area contributed by atoms with Crippen LogP contribution in [-0.2, 0) is 29.0 Å². The lowest BCUT2D eigenvalue weighted by atomic mass is 10.0. The van der Waals surface area contributed by atoms with Crippen LogP contribution in [0.5, 0.6) is 5.75 Å². The van der Waals surface area contributed by atoms with Gasteiger partial charge in [0.1, 0.15) is 11.3 Å². The maximum atomic E-state index is 13.6. The van der Waals surface area contributed by atoms with E-state index in [0.29, 0.717) is 28.6 Å². The van der Waals surface area contributed by atoms with Gasteiger partial charge in [-0.3, -0.25) is 14.0 Å². The third kappa shape index (κ3) is 4.70. The van der Waals surface area contributed by atoms with Crippen molar-refractivity contribution in [2.24, 2.45) is 7.05 Å². The smallest absolute Gasteiger partial charge is 0.347 e. The van der Waals surface area contributed by atoms with Crippen molar-refractivity contribution >= 4 is 29.4 Å². The molecule has 0 fully saturated rings. The van der Waals surface area contributed by atoms with Gasteiger partial charge >= 0.3 is 5.97 Å². The molecule has 3 rings (SSSR count). The first-order chi connectivity index (χ1) is 14.9. The summed E-state index contributed by atoms with van der Waals surface area (Å²) in [5.41, 5.74) is 1.92. The van der Waals surface area contributed by atoms with Gasteiger partial charge in [-0.1, -0.05) is 6.07 Å². The van der Waals surface area contributed by atoms with Crippen LogP contribution in [0.1, 0.15) is 34.0 Å². The van der Waals surface area contributed by atoms with E-state index in [1.54, 1.807) is 25.3 Å². The van der Waals surface area contributed by atoms with E-state index >= 15 is 0 Å². The predicted octanol–water partition coefficient (Wildman–Crippen LogP) is 3.90. The first-order valence-electron chi connectivity index (χ1n) is 9.31. The van der Waals surface area contributed by atoms with Crippen LogP contribution < -0.4 is 10.3 Å². The molecular formula is C21H20F2N2O5S. The molecule has 2 heterocycles. The van der Waals surface area contributed by atoms with Crippen molar-refractivity contribution in [3.8, 4) is 5.75 Å². The Hall–Kier alpha value is -2.98. The average Bonchev–Trinajstić information content (AvgIpc) is 2.76. The molecule has 164 valence electrons. The van der Waals surface area contributed by atoms with Gasteiger partial charge in [0.05, 0.1) is 25.8 Å². The molecule has 0 saturated heterocycles. The van der Waals surface area contributed by atoms with Crippen molar-refractivity contribution in [2.75, 3.05) is 13.7 Å². The van der Waals surface area contributed by atoms with E-state index in [0.717, 1.165) is 5.56 Å². The minimum absolute atomic E-state index is 0.0407. The zero-order chi connectivity index (χ0) is 22.5. The second-order valence-electron chi connectivity index (χ2n) is 6.62. The number of fused-ring (bicyclic) bond motifs is 1. The van der Waals surface area contributed by atoms with E-state index < -0.39 is 17.3 Å². The van der Waals surface area contributed by atoms with Crippen molar-refractivity contribution in [1.29, 1.82) is 0 Å². The predicted molar refractivity (Wildman–Crippen MR) is 112 cm³/mol. The second-order valence-corrected chi connectivity index (χ2v) is 6.98. The van der Waals surface area contributed by atoms with Crippen LogP contribution in [0.4, 0.5) is 8.28 Å². The normalized spacial score (nSPS) is 11.0. The number of benzene rings is 1. The summed E-state index contributed by atoms with van der Waals surface area (Å²) in [6.07, 6.45) is 1.91. The number of halogens is 2. The Morgan fingerprint density at radius 1 is 1.26 bits per heavy atom. The summed E-state index contributed by atoms with van der Waals surface area (Å²) in [6.45, 7) is 1.64. The number of nitrogens with zero attached hydrogens (tertiary/aromatic N) is 2. The van der Waals surface area contributed by atoms with Crippen LogP contribution in [0.3, 0.4) is 0 Å². The van der Waals surface area contributed by atoms with Gasteiger partial charge < -0.3 is 14.0 Å². The fourth-order valence-corrected chi connectivity index (χ4v) is 3.48. The fraction of sp³-hybridized carbons (Fsp3) is 0.286. The second kappa shape index (κ2) is 9.88. The number of carbonyl (C=O) groups excluding carboxylic acids is 1. The number of hydrogen-bond donors (Lipinski definition) is 0. The average molecular weight is 450 g/mol. The first kappa shape index (κ1) is 22.7. The van der Waals surface area contributed by atoms with Crippen LogP contribution in [0.15, 0.2) is 35.3 Å². The molecule has 0 unspecified atom stereocenters. The number of pyridine rings is 2. The molecule has 0 spiro atoms. The quantitative estimate of drug-likeness (QED) is 0.380. The molecule has 2 aromatic heterocycles. The molecule has 0 saturated carbocycles. The Balaban J connectivity index is 2.09. The first-order valence-corrected chi connectivity index (χ1v) is 9.95. The zero-order valence-corrected chi connectivity index (χ0v) is 17.9. The van der Waals surface area contributed by atoms with Crippen LogP contribution in [-0.4, -0.2) is 29.2 Å². The summed E-state index contributed by atoms with van der Waals surface area (Å²) >= 11 is -0.291. The molecule has 0 aliphatic carbocycles. The van der Waals surface area contributed by atoms with Crippen molar-refractivity contribution < 1.29 is 26.7 Å². The zero-order valence-electron chi connectivity index (χ0n) is 17.1. The summed E-state index contributed by atoms with van der Waals surface area (Å²) in [6, 6.07) is 5.91. The molecule has 0 radical (unpaired) electrons. The maximum absolute atomic E-state index is 13.6. The summed E-state index contributed by atoms with van der Waals surface area (Å²) < 4.78 is 42.2. The van der Waals surface area contributed by atoms with Gasteiger partial charge in [0.25, 0.3) is 5.56 Å². The molecule has 0 bridgehead atoms. The van der Waals surface area contributed by atoms with Gasteiger partial charge in [-0.15, -0.1) is 3.89 Å². The van der Waals surface area contributed by atoms with Gasteiger partial charge in [-0.2, -0.15) is 0 Å². The lowest BCUT2D eigenvalue weighted by Gasteiger charge is -2.14. The van der Waals surface area contributed by atoms with E-state index in [2.05, 4.69) is 4.98 Å². The standard InChI is InChI=1S/C21H20F2N2O5S/c1-4-29-21(27)17-19(28-3)18-16(25(2)20(17)26)8-12(10-24-18)7-13-5-6-15(22)9-14(13)11-30-31-23/h5-6,8-10H,4,7,11H2,1-3H3. The maximum Gasteiger partial charge on any atom is 0.347 e. The molecule has 7 nitrogen and oxygen atoms in total. The molecule has 0 aliphatic heterocycles. The van der Waals surface area contributed by atoms with Crippen molar-refractivity contribution in [3.63, 3.8) is 0 Å². The van der Waals surface area contributed by atoms with E-state index in [1.807, 2.05) is 0 Å². The van der Waals surface area contributed by atoms with E-state index in [-0.39, 0.29) is 37.0 Å². The third-order valence-electron chi connectivity index (χ3n) is 4.75. The molecular weight excluding hydrogens is 430 g/mol. The fourth-order valence-electron chi connectivity index (χ4n) is 3.30. The molecule has 0 N–H and O–H groups in total. The van der Waals surface area contributed by atoms with Crippen LogP contribution in [0.25, 0.3) is 11.0 Å². The SMILES string of the molecule is CCOC(=O)c1c(OC)c2ncc(Cc3ccc(F)cc3COSF)cc2n(C)c1=O. The Kier molecular flexibility index (Phi) is 7.24. The summed E-state index contributed by atoms with van der Waals surface area (Å²) in [5.74, 6) is -1.20. The number of aromatic nitrogens is 2. The lowest BCUT2D eigenvalue weighted by molar-refractivity contribution is 0.0520. The number of carbonyl (C=O) groups is 1. The molecule has 1 aromatic carbocycles. The minimum atomic E-state index is -0.783. The van der Waals surface area contributed by atoms with E-state index in [1.165, 1.54) is 30.9 Å². The molecule has 0 aliphatic rings. The van der Waals surface area contributed by atoms with Crippen molar-refractivity contribution in [2.45, 2.75) is 20.0 Å². The van der Waals surface area contributed by atoms with Gasteiger partial charge in [0.15, 0.2) is 11.3 Å². The van der Waals surface area contributed by atoms with Gasteiger partial charge in [0.2, 0.25) is 12.4 Å². The largest absolute Gasteiger partial charge is 0.493 e. The molecule has 0 amide bonds. The minimum Gasteiger partial charge on any atom is -0.493 e. The van der Waals surface area contributed by atoms with Gasteiger partial charge in [-0.25, -0.2) is 9.18 Å². The number of aryl methyl sites for hydroxylation is 1. The number of methoxy groups -OCH3 is 1. The number of esters is 1. The Morgan fingerprint density at radius 2 is 2.03 bits per heavy atom. The molecule has 10 heteroatoms. The highest BCUT2D eigenvalue weighted by Crippen LogP contribution is 2.27. The summed E-state index contributed by atoms with van der Waals surface area (Å²) in [4.78, 5) is 29.5. The van der Waals surface area contributed by atoms with Gasteiger partial charge in [-0.05, 0) is 48.2 Å². The Morgan fingerprint density at radius 3 is 2.71 bits per heavy atom. The highest BCUT2D eigenvalue weighted by molar-refractivity contribution is 7.89. The number of rotatable bonds is 8. The highest BCUT2D eigenvalue weighted by Gasteiger charge is 2.24. The lowest BCUT2D eigenvalue weighted by Crippen LogP contribution is -2.27. The monoisotopic (exact) mass is 450 g/mol. The number of hydrogen-bond acceptors (Lipinski definition) is 7. The van der Waals surface area contributed by atoms with Crippen molar-refractivity contribution in [3.05, 3.63) is 68.9 Å². The Labute approximate surface area is 181 Å². The topological polar surface area (TPSA) is 79.7 Å². The van der Waals surface area contributed by atoms with Crippen LogP contribution in [0.2, 0.25) is 0 Å². The van der Waals surface area contributed by atoms with Crippen LogP contribution >= 0.6 is 12.4 Å². The number of ether oxygens (including phenoxy) is 2. The molecule has 31 heavy (non-hydrogen) atoms. The Bertz CT molecular complexity index is 1180. The summed E-state index contributed by atoms with van der Waals surface area (Å²) in [5, 5.41) is 0. The molecule has 0 atom stereocenters. The summed E-state index contributed by atoms with van der Waals surface area (Å²) in [7, 11) is 2.87. The van der Waals surface area contributed by atoms with E-state index in [9.17, 15) is 17.9 Å². The van der Waals surface area contributed by atoms with Crippen LogP contribution in [0, 0.1) is 5.82 Å². The third-order valence-corrected chi connectivity index (χ3v) is 4.96. The highest BCUT2D eigenvalue weighted by atomic mass is 32.2. The van der Waals surface area contributed by atoms with Crippen molar-refractivity contribution in [1.82, 2.24) is 9.55 Å².